The zero-order valence-corrected chi connectivity index (χ0v) is 6.32. The standard InChI is InChI=1S/C8H4FNO3/c9-7-3-5(10-4-11)1-2-6(7)8(12)13/h1-3H,(H,12,13). The van der Waals surface area contributed by atoms with Crippen molar-refractivity contribution >= 4 is 17.7 Å². The Hall–Kier alpha value is -2.00. The number of rotatable bonds is 2. The van der Waals surface area contributed by atoms with Crippen LogP contribution in [0.1, 0.15) is 10.4 Å². The van der Waals surface area contributed by atoms with Crippen molar-refractivity contribution in [2.75, 3.05) is 0 Å². The maximum atomic E-state index is 12.9. The number of aliphatic imine (C=N–C) groups is 1. The molecule has 66 valence electrons. The largest absolute Gasteiger partial charge is 0.478 e. The van der Waals surface area contributed by atoms with Crippen LogP contribution in [-0.2, 0) is 4.79 Å². The number of carbonyl (C=O) groups is 1. The molecular weight excluding hydrogens is 177 g/mol. The molecule has 1 aromatic carbocycles. The summed E-state index contributed by atoms with van der Waals surface area (Å²) in [6.07, 6.45) is 1.22. The van der Waals surface area contributed by atoms with E-state index in [2.05, 4.69) is 4.99 Å². The van der Waals surface area contributed by atoms with Crippen molar-refractivity contribution in [3.8, 4) is 0 Å². The lowest BCUT2D eigenvalue weighted by Crippen LogP contribution is -1.99. The van der Waals surface area contributed by atoms with Crippen molar-refractivity contribution < 1.29 is 19.1 Å². The molecule has 13 heavy (non-hydrogen) atoms. The zero-order valence-electron chi connectivity index (χ0n) is 6.32. The maximum Gasteiger partial charge on any atom is 0.338 e. The van der Waals surface area contributed by atoms with Gasteiger partial charge in [-0.05, 0) is 12.1 Å². The summed E-state index contributed by atoms with van der Waals surface area (Å²) in [6.45, 7) is 0. The molecule has 1 N–H and O–H groups in total. The van der Waals surface area contributed by atoms with Crippen LogP contribution in [0.15, 0.2) is 23.2 Å². The molecule has 0 atom stereocenters. The molecule has 0 heterocycles. The minimum atomic E-state index is -1.36. The van der Waals surface area contributed by atoms with Gasteiger partial charge in [-0.25, -0.2) is 14.0 Å². The van der Waals surface area contributed by atoms with Crippen molar-refractivity contribution in [2.24, 2.45) is 4.99 Å². The van der Waals surface area contributed by atoms with E-state index in [1.54, 1.807) is 0 Å². The van der Waals surface area contributed by atoms with Crippen LogP contribution >= 0.6 is 0 Å². The Kier molecular flexibility index (Phi) is 2.52. The summed E-state index contributed by atoms with van der Waals surface area (Å²) in [5.41, 5.74) is -0.414. The van der Waals surface area contributed by atoms with Gasteiger partial charge >= 0.3 is 5.97 Å². The number of hydrogen-bond acceptors (Lipinski definition) is 3. The van der Waals surface area contributed by atoms with Gasteiger partial charge < -0.3 is 5.11 Å². The second-order valence-electron chi connectivity index (χ2n) is 2.17. The Labute approximate surface area is 72.3 Å². The van der Waals surface area contributed by atoms with Crippen LogP contribution in [0.25, 0.3) is 0 Å². The molecule has 0 bridgehead atoms. The van der Waals surface area contributed by atoms with Gasteiger partial charge in [0.05, 0.1) is 11.3 Å². The fourth-order valence-corrected chi connectivity index (χ4v) is 0.800. The van der Waals surface area contributed by atoms with Gasteiger partial charge in [0.15, 0.2) is 0 Å². The molecule has 0 saturated carbocycles. The van der Waals surface area contributed by atoms with E-state index in [1.165, 1.54) is 12.1 Å². The van der Waals surface area contributed by atoms with Crippen LogP contribution in [0.2, 0.25) is 0 Å². The summed E-state index contributed by atoms with van der Waals surface area (Å²) < 4.78 is 12.9. The van der Waals surface area contributed by atoms with E-state index in [1.807, 2.05) is 0 Å². The van der Waals surface area contributed by atoms with Crippen LogP contribution < -0.4 is 0 Å². The SMILES string of the molecule is O=C=Nc1ccc(C(=O)O)c(F)c1. The predicted octanol–water partition coefficient (Wildman–Crippen LogP) is 1.49. The first-order valence-electron chi connectivity index (χ1n) is 3.26. The van der Waals surface area contributed by atoms with Crippen LogP contribution in [-0.4, -0.2) is 17.2 Å². The molecule has 1 aromatic rings. The number of carbonyl (C=O) groups excluding carboxylic acids is 1. The lowest BCUT2D eigenvalue weighted by Gasteiger charge is -1.96. The summed E-state index contributed by atoms with van der Waals surface area (Å²) in [4.78, 5) is 23.2. The lowest BCUT2D eigenvalue weighted by atomic mass is 10.2. The van der Waals surface area contributed by atoms with E-state index >= 15 is 0 Å². The smallest absolute Gasteiger partial charge is 0.338 e. The van der Waals surface area contributed by atoms with Gasteiger partial charge in [0.2, 0.25) is 6.08 Å². The highest BCUT2D eigenvalue weighted by Crippen LogP contribution is 2.16. The summed E-state index contributed by atoms with van der Waals surface area (Å²) in [7, 11) is 0. The molecule has 0 aliphatic carbocycles. The molecule has 1 rings (SSSR count). The molecule has 0 aliphatic heterocycles. The van der Waals surface area contributed by atoms with E-state index < -0.39 is 17.3 Å². The molecule has 0 saturated heterocycles. The van der Waals surface area contributed by atoms with E-state index in [-0.39, 0.29) is 5.69 Å². The number of nitrogens with zero attached hydrogens (tertiary/aromatic N) is 1. The Morgan fingerprint density at radius 2 is 2.23 bits per heavy atom. The quantitative estimate of drug-likeness (QED) is 0.555. The molecule has 0 aromatic heterocycles. The number of carboxylic acids is 1. The summed E-state index contributed by atoms with van der Waals surface area (Å²) >= 11 is 0. The second-order valence-corrected chi connectivity index (χ2v) is 2.17. The number of benzene rings is 1. The molecule has 0 radical (unpaired) electrons. The van der Waals surface area contributed by atoms with Crippen LogP contribution in [0, 0.1) is 5.82 Å². The van der Waals surface area contributed by atoms with Crippen molar-refractivity contribution in [3.63, 3.8) is 0 Å². The molecule has 4 nitrogen and oxygen atoms in total. The minimum absolute atomic E-state index is 0.0394. The van der Waals surface area contributed by atoms with Crippen molar-refractivity contribution in [3.05, 3.63) is 29.6 Å². The van der Waals surface area contributed by atoms with E-state index in [0.717, 1.165) is 12.1 Å². The van der Waals surface area contributed by atoms with Crippen LogP contribution in [0.3, 0.4) is 0 Å². The van der Waals surface area contributed by atoms with Gasteiger partial charge in [-0.1, -0.05) is 0 Å². The minimum Gasteiger partial charge on any atom is -0.478 e. The van der Waals surface area contributed by atoms with Gasteiger partial charge in [-0.3, -0.25) is 0 Å². The Balaban J connectivity index is 3.19. The predicted molar refractivity (Wildman–Crippen MR) is 41.1 cm³/mol. The third kappa shape index (κ3) is 1.98. The number of isocyanates is 1. The van der Waals surface area contributed by atoms with Gasteiger partial charge in [0.1, 0.15) is 5.82 Å². The van der Waals surface area contributed by atoms with Crippen molar-refractivity contribution in [1.82, 2.24) is 0 Å². The van der Waals surface area contributed by atoms with E-state index in [0.29, 0.717) is 0 Å². The van der Waals surface area contributed by atoms with Crippen molar-refractivity contribution in [1.29, 1.82) is 0 Å². The van der Waals surface area contributed by atoms with Gasteiger partial charge in [0.25, 0.3) is 0 Å². The average molecular weight is 181 g/mol. The third-order valence-electron chi connectivity index (χ3n) is 1.36. The number of carboxylic acid groups (broad SMARTS) is 1. The molecule has 5 heteroatoms. The van der Waals surface area contributed by atoms with Gasteiger partial charge in [-0.15, -0.1) is 0 Å². The average Bonchev–Trinajstić information content (AvgIpc) is 2.04. The van der Waals surface area contributed by atoms with E-state index in [9.17, 15) is 14.0 Å². The van der Waals surface area contributed by atoms with Crippen LogP contribution in [0.5, 0.6) is 0 Å². The molecular formula is C8H4FNO3. The fraction of sp³-hybridized carbons (Fsp3) is 0. The molecule has 0 aliphatic rings. The van der Waals surface area contributed by atoms with Gasteiger partial charge in [-0.2, -0.15) is 4.99 Å². The van der Waals surface area contributed by atoms with E-state index in [4.69, 9.17) is 5.11 Å². The zero-order chi connectivity index (χ0) is 9.84. The number of hydrogen-bond donors (Lipinski definition) is 1. The molecule has 0 fully saturated rings. The number of halogens is 1. The topological polar surface area (TPSA) is 66.7 Å². The molecule has 0 unspecified atom stereocenters. The van der Waals surface area contributed by atoms with Crippen molar-refractivity contribution in [2.45, 2.75) is 0 Å². The Bertz CT molecular complexity index is 396. The summed E-state index contributed by atoms with van der Waals surface area (Å²) in [6, 6.07) is 3.11. The van der Waals surface area contributed by atoms with Gasteiger partial charge in [0, 0.05) is 6.07 Å². The van der Waals surface area contributed by atoms with Crippen LogP contribution in [0.4, 0.5) is 10.1 Å². The summed E-state index contributed by atoms with van der Waals surface area (Å²) in [5, 5.41) is 8.44. The number of aromatic carboxylic acids is 1. The normalized spacial score (nSPS) is 9.00. The Morgan fingerprint density at radius 3 is 2.69 bits per heavy atom. The molecule has 0 amide bonds. The maximum absolute atomic E-state index is 12.9. The highest BCUT2D eigenvalue weighted by molar-refractivity contribution is 5.88. The lowest BCUT2D eigenvalue weighted by molar-refractivity contribution is 0.0692. The second kappa shape index (κ2) is 3.60. The first-order chi connectivity index (χ1) is 6.15. The Morgan fingerprint density at radius 1 is 1.54 bits per heavy atom. The monoisotopic (exact) mass is 181 g/mol. The molecule has 0 spiro atoms. The first kappa shape index (κ1) is 9.09. The third-order valence-corrected chi connectivity index (χ3v) is 1.36. The fourth-order valence-electron chi connectivity index (χ4n) is 0.800. The summed E-state index contributed by atoms with van der Waals surface area (Å²) in [5.74, 6) is -2.29. The highest BCUT2D eigenvalue weighted by atomic mass is 19.1. The first-order valence-corrected chi connectivity index (χ1v) is 3.26. The highest BCUT2D eigenvalue weighted by Gasteiger charge is 2.09.